The summed E-state index contributed by atoms with van der Waals surface area (Å²) < 4.78 is 5.20. The predicted molar refractivity (Wildman–Crippen MR) is 138 cm³/mol. The number of alkyl carbamates (subject to hydrolysis) is 1. The predicted octanol–water partition coefficient (Wildman–Crippen LogP) is 3.50. The molecule has 1 aliphatic rings. The van der Waals surface area contributed by atoms with E-state index in [1.54, 1.807) is 24.5 Å². The maximum absolute atomic E-state index is 12.2. The number of hydrogen-bond donors (Lipinski definition) is 4. The molecule has 0 saturated carbocycles. The number of ether oxygens (including phenoxy) is 1. The quantitative estimate of drug-likeness (QED) is 0.350. The molecule has 0 aromatic carbocycles. The van der Waals surface area contributed by atoms with Crippen LogP contribution in [0.2, 0.25) is 0 Å². The van der Waals surface area contributed by atoms with E-state index in [0.29, 0.717) is 41.7 Å². The largest absolute Gasteiger partial charge is 0.444 e. The van der Waals surface area contributed by atoms with Crippen molar-refractivity contribution in [3.8, 4) is 0 Å². The van der Waals surface area contributed by atoms with Crippen LogP contribution in [-0.2, 0) is 9.53 Å². The fourth-order valence-corrected chi connectivity index (χ4v) is 3.28. The molecule has 192 valence electrons. The Labute approximate surface area is 211 Å². The van der Waals surface area contributed by atoms with Gasteiger partial charge in [0.25, 0.3) is 0 Å². The molecule has 3 heterocycles. The van der Waals surface area contributed by atoms with Crippen LogP contribution in [0.1, 0.15) is 70.7 Å². The highest BCUT2D eigenvalue weighted by atomic mass is 16.6. The summed E-state index contributed by atoms with van der Waals surface area (Å²) in [7, 11) is 0. The zero-order valence-corrected chi connectivity index (χ0v) is 21.0. The molecule has 0 fully saturated rings. The molecule has 1 aliphatic heterocycles. The van der Waals surface area contributed by atoms with Gasteiger partial charge in [-0.3, -0.25) is 25.6 Å². The van der Waals surface area contributed by atoms with Crippen molar-refractivity contribution in [2.45, 2.75) is 64.9 Å². The monoisotopic (exact) mass is 494 g/mol. The van der Waals surface area contributed by atoms with Gasteiger partial charge < -0.3 is 15.4 Å². The second-order valence-corrected chi connectivity index (χ2v) is 9.29. The van der Waals surface area contributed by atoms with Crippen LogP contribution < -0.4 is 21.5 Å². The third-order valence-corrected chi connectivity index (χ3v) is 4.99. The van der Waals surface area contributed by atoms with E-state index < -0.39 is 5.60 Å². The Kier molecular flexibility index (Phi) is 9.73. The third kappa shape index (κ3) is 9.32. The topological polar surface area (TPSA) is 142 Å². The third-order valence-electron chi connectivity index (χ3n) is 4.99. The first-order valence-corrected chi connectivity index (χ1v) is 12.1. The summed E-state index contributed by atoms with van der Waals surface area (Å²) in [6, 6.07) is 9.07. The van der Waals surface area contributed by atoms with Crippen molar-refractivity contribution in [3.63, 3.8) is 0 Å². The number of amides is 2. The average molecular weight is 495 g/mol. The van der Waals surface area contributed by atoms with Gasteiger partial charge in [-0.1, -0.05) is 25.3 Å². The lowest BCUT2D eigenvalue weighted by Crippen LogP contribution is -2.35. The highest BCUT2D eigenvalue weighted by Gasteiger charge is 2.15. The maximum atomic E-state index is 12.2. The number of carbonyl (C=O) groups excluding carboxylic acids is 2. The van der Waals surface area contributed by atoms with Crippen molar-refractivity contribution >= 4 is 29.4 Å². The lowest BCUT2D eigenvalue weighted by Gasteiger charge is -2.19. The minimum atomic E-state index is -0.484. The van der Waals surface area contributed by atoms with Gasteiger partial charge in [0.05, 0.1) is 11.9 Å². The molecular formula is C25H34N8O3. The van der Waals surface area contributed by atoms with E-state index in [1.807, 2.05) is 39.0 Å². The molecule has 4 N–H and O–H groups in total. The summed E-state index contributed by atoms with van der Waals surface area (Å²) in [6.07, 6.45) is 7.97. The molecule has 0 bridgehead atoms. The smallest absolute Gasteiger partial charge is 0.407 e. The van der Waals surface area contributed by atoms with Crippen molar-refractivity contribution in [3.05, 3.63) is 54.1 Å². The summed E-state index contributed by atoms with van der Waals surface area (Å²) in [5.41, 5.74) is 7.14. The number of carbonyl (C=O) groups is 2. The van der Waals surface area contributed by atoms with Gasteiger partial charge in [-0.15, -0.1) is 0 Å². The van der Waals surface area contributed by atoms with Crippen molar-refractivity contribution in [1.29, 1.82) is 0 Å². The number of amidine groups is 2. The minimum absolute atomic E-state index is 0.0458. The van der Waals surface area contributed by atoms with Gasteiger partial charge in [-0.2, -0.15) is 10.2 Å². The van der Waals surface area contributed by atoms with Crippen LogP contribution in [0.15, 0.2) is 52.9 Å². The van der Waals surface area contributed by atoms with Crippen LogP contribution in [0.5, 0.6) is 0 Å². The molecule has 2 aromatic heterocycles. The number of unbranched alkanes of at least 4 members (excludes halogenated alkanes) is 4. The van der Waals surface area contributed by atoms with E-state index in [9.17, 15) is 9.59 Å². The van der Waals surface area contributed by atoms with Gasteiger partial charge in [-0.25, -0.2) is 4.79 Å². The molecule has 0 radical (unpaired) electrons. The molecule has 11 nitrogen and oxygen atoms in total. The summed E-state index contributed by atoms with van der Waals surface area (Å²) in [5, 5.41) is 14.1. The second kappa shape index (κ2) is 13.2. The number of aromatic nitrogens is 2. The van der Waals surface area contributed by atoms with Gasteiger partial charge in [0.15, 0.2) is 11.7 Å². The van der Waals surface area contributed by atoms with Crippen LogP contribution in [0.4, 0.5) is 10.5 Å². The molecule has 0 atom stereocenters. The van der Waals surface area contributed by atoms with Crippen molar-refractivity contribution in [1.82, 2.24) is 26.1 Å². The van der Waals surface area contributed by atoms with Crippen LogP contribution in [0.25, 0.3) is 0 Å². The number of anilines is 1. The number of nitrogens with zero attached hydrogens (tertiary/aromatic N) is 4. The van der Waals surface area contributed by atoms with E-state index in [2.05, 4.69) is 41.7 Å². The molecule has 11 heteroatoms. The van der Waals surface area contributed by atoms with Gasteiger partial charge in [0.1, 0.15) is 17.0 Å². The summed E-state index contributed by atoms with van der Waals surface area (Å²) in [5.74, 6) is 0.935. The molecule has 2 aromatic rings. The molecule has 36 heavy (non-hydrogen) atoms. The van der Waals surface area contributed by atoms with Gasteiger partial charge in [0, 0.05) is 19.2 Å². The molecule has 2 amide bonds. The first-order chi connectivity index (χ1) is 17.3. The van der Waals surface area contributed by atoms with Crippen LogP contribution in [0.3, 0.4) is 0 Å². The molecule has 3 rings (SSSR count). The van der Waals surface area contributed by atoms with Crippen LogP contribution >= 0.6 is 0 Å². The van der Waals surface area contributed by atoms with Gasteiger partial charge >= 0.3 is 6.09 Å². The molecule has 0 aliphatic carbocycles. The van der Waals surface area contributed by atoms with E-state index in [1.165, 1.54) is 0 Å². The van der Waals surface area contributed by atoms with E-state index in [-0.39, 0.29) is 12.0 Å². The average Bonchev–Trinajstić information content (AvgIpc) is 2.86. The Morgan fingerprint density at radius 2 is 1.58 bits per heavy atom. The van der Waals surface area contributed by atoms with Crippen molar-refractivity contribution in [2.75, 3.05) is 11.9 Å². The molecular weight excluding hydrogens is 460 g/mol. The molecule has 0 saturated heterocycles. The summed E-state index contributed by atoms with van der Waals surface area (Å²) in [6.45, 7) is 6.11. The maximum Gasteiger partial charge on any atom is 0.407 e. The van der Waals surface area contributed by atoms with Crippen LogP contribution in [0, 0.1) is 0 Å². The number of rotatable bonds is 11. The normalized spacial score (nSPS) is 13.0. The fourth-order valence-electron chi connectivity index (χ4n) is 3.28. The standard InChI is InChI=1S/C25H34N8O3/c1-25(2,3)36-24(35)27-16-9-6-4-5-7-12-21(34)29-18-13-14-20(28-17-18)23-32-30-22(31-33-23)19-11-8-10-15-26-19/h8,10-11,13-15,17H,4-7,9,12,16H2,1-3H3,(H,27,35)(H,29,34)(H,30,31)(H,32,33). The Bertz CT molecular complexity index is 1060. The molecule has 0 unspecified atom stereocenters. The molecule has 0 spiro atoms. The number of nitrogens with one attached hydrogen (secondary N) is 4. The summed E-state index contributed by atoms with van der Waals surface area (Å²) >= 11 is 0. The van der Waals surface area contributed by atoms with Crippen LogP contribution in [-0.4, -0.2) is 45.8 Å². The SMILES string of the molecule is CC(C)(C)OC(=O)NCCCCCCCC(=O)Nc1ccc(C2=NNC(c3ccccn3)=NN2)nc1. The number of pyridine rings is 2. The lowest BCUT2D eigenvalue weighted by atomic mass is 10.1. The van der Waals surface area contributed by atoms with E-state index in [0.717, 1.165) is 32.1 Å². The van der Waals surface area contributed by atoms with Gasteiger partial charge in [-0.05, 0) is 57.9 Å². The van der Waals surface area contributed by atoms with Crippen molar-refractivity contribution in [2.24, 2.45) is 10.2 Å². The van der Waals surface area contributed by atoms with E-state index in [4.69, 9.17) is 4.74 Å². The summed E-state index contributed by atoms with van der Waals surface area (Å²) in [4.78, 5) is 32.4. The highest BCUT2D eigenvalue weighted by molar-refractivity contribution is 6.04. The zero-order chi connectivity index (χ0) is 25.8. The fraction of sp³-hybridized carbons (Fsp3) is 0.440. The minimum Gasteiger partial charge on any atom is -0.444 e. The first-order valence-electron chi connectivity index (χ1n) is 12.1. The lowest BCUT2D eigenvalue weighted by molar-refractivity contribution is -0.116. The first kappa shape index (κ1) is 26.6. The van der Waals surface area contributed by atoms with E-state index >= 15 is 0 Å². The number of hydrogen-bond acceptors (Lipinski definition) is 9. The Balaban J connectivity index is 1.28. The Morgan fingerprint density at radius 3 is 2.19 bits per heavy atom. The highest BCUT2D eigenvalue weighted by Crippen LogP contribution is 2.11. The van der Waals surface area contributed by atoms with Gasteiger partial charge in [0.2, 0.25) is 5.91 Å². The van der Waals surface area contributed by atoms with Crippen molar-refractivity contribution < 1.29 is 14.3 Å². The zero-order valence-electron chi connectivity index (χ0n) is 21.0. The second-order valence-electron chi connectivity index (χ2n) is 9.29. The number of hydrazone groups is 2. The Hall–Kier alpha value is -4.02. The Morgan fingerprint density at radius 1 is 0.889 bits per heavy atom.